The monoisotopic (exact) mass is 498 g/mol. The number of aryl methyl sites for hydroxylation is 1. The van der Waals surface area contributed by atoms with E-state index in [1.165, 1.54) is 18.2 Å². The number of sulfone groups is 1. The highest BCUT2D eigenvalue weighted by Gasteiger charge is 2.29. The molecule has 176 valence electrons. The summed E-state index contributed by atoms with van der Waals surface area (Å²) < 4.78 is 69.1. The fourth-order valence-electron chi connectivity index (χ4n) is 4.58. The molecule has 3 aromatic carbocycles. The van der Waals surface area contributed by atoms with Crippen molar-refractivity contribution in [3.8, 4) is 0 Å². The van der Waals surface area contributed by atoms with E-state index in [1.807, 2.05) is 13.0 Å². The second kappa shape index (κ2) is 8.33. The van der Waals surface area contributed by atoms with E-state index in [9.17, 15) is 21.2 Å². The van der Waals surface area contributed by atoms with E-state index in [1.54, 1.807) is 30.3 Å². The van der Waals surface area contributed by atoms with Crippen molar-refractivity contribution in [2.45, 2.75) is 33.9 Å². The molecular weight excluding hydrogens is 475 g/mol. The van der Waals surface area contributed by atoms with Gasteiger partial charge in [-0.15, -0.1) is 0 Å². The minimum atomic E-state index is -4.13. The molecule has 0 amide bonds. The summed E-state index contributed by atoms with van der Waals surface area (Å²) in [6.07, 6.45) is 2.06. The van der Waals surface area contributed by atoms with E-state index in [0.717, 1.165) is 52.9 Å². The van der Waals surface area contributed by atoms with Gasteiger partial charge in [-0.3, -0.25) is 0 Å². The van der Waals surface area contributed by atoms with E-state index in [2.05, 4.69) is 5.32 Å². The molecule has 6 nitrogen and oxygen atoms in total. The molecule has 34 heavy (non-hydrogen) atoms. The third-order valence-electron chi connectivity index (χ3n) is 6.34. The molecule has 1 atom stereocenters. The van der Waals surface area contributed by atoms with Gasteiger partial charge in [-0.25, -0.2) is 25.2 Å². The van der Waals surface area contributed by atoms with E-state index in [0.29, 0.717) is 5.92 Å². The topological polar surface area (TPSA) is 85.2 Å². The third kappa shape index (κ3) is 3.73. The number of hydrogen-bond donors (Lipinski definition) is 1. The Kier molecular flexibility index (Phi) is 5.58. The van der Waals surface area contributed by atoms with Crippen molar-refractivity contribution in [3.05, 3.63) is 89.9 Å². The van der Waals surface area contributed by atoms with E-state index >= 15 is 0 Å². The number of nitrogens with zero attached hydrogens (tertiary/aromatic N) is 1. The summed E-state index contributed by atoms with van der Waals surface area (Å²) in [5.74, 6) is -0.331. The molecule has 1 aliphatic rings. The zero-order valence-electron chi connectivity index (χ0n) is 18.4. The van der Waals surface area contributed by atoms with Crippen molar-refractivity contribution >= 4 is 30.8 Å². The second-order valence-corrected chi connectivity index (χ2v) is 12.2. The van der Waals surface area contributed by atoms with Crippen LogP contribution in [0, 0.1) is 12.7 Å². The summed E-state index contributed by atoms with van der Waals surface area (Å²) in [6, 6.07) is 16.1. The Labute approximate surface area is 198 Å². The average molecular weight is 499 g/mol. The highest BCUT2D eigenvalue weighted by atomic mass is 32.2. The number of rotatable bonds is 5. The SMILES string of the molecule is Cc1cc(S(=O)(=O)c2cn(S(=O)(=O)c3ccccc3)c3ccc(F)cc23)ccc1C1CCNC1. The maximum absolute atomic E-state index is 14.2. The molecule has 1 saturated heterocycles. The van der Waals surface area contributed by atoms with E-state index < -0.39 is 25.7 Å². The number of aromatic nitrogens is 1. The van der Waals surface area contributed by atoms with Gasteiger partial charge in [0.25, 0.3) is 10.0 Å². The molecular formula is C25H23FN2O4S2. The van der Waals surface area contributed by atoms with E-state index in [-0.39, 0.29) is 25.6 Å². The van der Waals surface area contributed by atoms with Crippen molar-refractivity contribution in [3.63, 3.8) is 0 Å². The van der Waals surface area contributed by atoms with Crippen molar-refractivity contribution in [1.29, 1.82) is 0 Å². The van der Waals surface area contributed by atoms with Gasteiger partial charge in [0.05, 0.1) is 20.2 Å². The van der Waals surface area contributed by atoms with Crippen LogP contribution >= 0.6 is 0 Å². The van der Waals surface area contributed by atoms with Gasteiger partial charge in [0.2, 0.25) is 9.84 Å². The molecule has 1 aliphatic heterocycles. The van der Waals surface area contributed by atoms with Crippen LogP contribution < -0.4 is 5.32 Å². The molecule has 1 fully saturated rings. The van der Waals surface area contributed by atoms with Crippen LogP contribution in [0.2, 0.25) is 0 Å². The largest absolute Gasteiger partial charge is 0.316 e. The molecule has 0 bridgehead atoms. The quantitative estimate of drug-likeness (QED) is 0.445. The summed E-state index contributed by atoms with van der Waals surface area (Å²) in [5, 5.41) is 3.33. The predicted octanol–water partition coefficient (Wildman–Crippen LogP) is 4.24. The normalized spacial score (nSPS) is 16.8. The maximum atomic E-state index is 14.2. The molecule has 1 N–H and O–H groups in total. The zero-order valence-corrected chi connectivity index (χ0v) is 20.0. The van der Waals surface area contributed by atoms with Gasteiger partial charge in [0.15, 0.2) is 0 Å². The highest BCUT2D eigenvalue weighted by Crippen LogP contribution is 2.35. The van der Waals surface area contributed by atoms with Gasteiger partial charge in [0.1, 0.15) is 5.82 Å². The van der Waals surface area contributed by atoms with Crippen molar-refractivity contribution in [1.82, 2.24) is 9.29 Å². The fraction of sp³-hybridized carbons (Fsp3) is 0.200. The zero-order chi connectivity index (χ0) is 24.1. The van der Waals surface area contributed by atoms with Crippen LogP contribution in [0.5, 0.6) is 0 Å². The van der Waals surface area contributed by atoms with Crippen molar-refractivity contribution < 1.29 is 21.2 Å². The lowest BCUT2D eigenvalue weighted by atomic mass is 9.94. The number of nitrogens with one attached hydrogen (secondary N) is 1. The Morgan fingerprint density at radius 1 is 0.941 bits per heavy atom. The number of hydrogen-bond acceptors (Lipinski definition) is 5. The summed E-state index contributed by atoms with van der Waals surface area (Å²) in [5.41, 5.74) is 2.03. The first-order valence-corrected chi connectivity index (χ1v) is 13.8. The van der Waals surface area contributed by atoms with Crippen LogP contribution in [0.25, 0.3) is 10.9 Å². The lowest BCUT2D eigenvalue weighted by Gasteiger charge is -2.14. The molecule has 2 heterocycles. The number of fused-ring (bicyclic) bond motifs is 1. The number of benzene rings is 3. The fourth-order valence-corrected chi connectivity index (χ4v) is 7.57. The molecule has 0 spiro atoms. The first-order valence-electron chi connectivity index (χ1n) is 10.9. The second-order valence-electron chi connectivity index (χ2n) is 8.48. The molecule has 9 heteroatoms. The number of halogens is 1. The Morgan fingerprint density at radius 2 is 1.71 bits per heavy atom. The van der Waals surface area contributed by atoms with Gasteiger partial charge >= 0.3 is 0 Å². The summed E-state index contributed by atoms with van der Waals surface area (Å²) in [7, 11) is -8.24. The molecule has 5 rings (SSSR count). The molecule has 0 radical (unpaired) electrons. The van der Waals surface area contributed by atoms with E-state index in [4.69, 9.17) is 0 Å². The van der Waals surface area contributed by atoms with Crippen LogP contribution in [-0.2, 0) is 19.9 Å². The summed E-state index contributed by atoms with van der Waals surface area (Å²) in [4.78, 5) is -0.207. The minimum absolute atomic E-state index is 0.00513. The Hall–Kier alpha value is -3.01. The Balaban J connectivity index is 1.68. The lowest BCUT2D eigenvalue weighted by Crippen LogP contribution is -2.12. The standard InChI is InChI=1S/C25H23FN2O4S2/c1-17-13-21(8-9-22(17)18-11-12-27-15-18)33(29,30)25-16-28(24-10-7-19(26)14-23(24)25)34(31,32)20-5-3-2-4-6-20/h2-10,13-14,16,18,27H,11-12,15H2,1H3. The van der Waals surface area contributed by atoms with Gasteiger partial charge in [0, 0.05) is 18.1 Å². The maximum Gasteiger partial charge on any atom is 0.268 e. The Bertz CT molecular complexity index is 1610. The van der Waals surface area contributed by atoms with Crippen molar-refractivity contribution in [2.24, 2.45) is 0 Å². The smallest absolute Gasteiger partial charge is 0.268 e. The Morgan fingerprint density at radius 3 is 2.38 bits per heavy atom. The predicted molar refractivity (Wildman–Crippen MR) is 128 cm³/mol. The van der Waals surface area contributed by atoms with Crippen LogP contribution in [0.3, 0.4) is 0 Å². The third-order valence-corrected chi connectivity index (χ3v) is 9.80. The van der Waals surface area contributed by atoms with Crippen LogP contribution in [0.4, 0.5) is 4.39 Å². The van der Waals surface area contributed by atoms with Gasteiger partial charge in [-0.05, 0) is 79.4 Å². The van der Waals surface area contributed by atoms with Gasteiger partial charge < -0.3 is 5.32 Å². The summed E-state index contributed by atoms with van der Waals surface area (Å²) in [6.45, 7) is 3.64. The minimum Gasteiger partial charge on any atom is -0.316 e. The molecule has 0 saturated carbocycles. The average Bonchev–Trinajstić information content (AvgIpc) is 3.48. The van der Waals surface area contributed by atoms with Gasteiger partial charge in [-0.2, -0.15) is 0 Å². The lowest BCUT2D eigenvalue weighted by molar-refractivity contribution is 0.588. The molecule has 1 unspecified atom stereocenters. The first-order chi connectivity index (χ1) is 16.2. The summed E-state index contributed by atoms with van der Waals surface area (Å²) >= 11 is 0. The first kappa shape index (κ1) is 22.8. The molecule has 0 aliphatic carbocycles. The van der Waals surface area contributed by atoms with Crippen molar-refractivity contribution in [2.75, 3.05) is 13.1 Å². The van der Waals surface area contributed by atoms with Crippen LogP contribution in [0.1, 0.15) is 23.5 Å². The van der Waals surface area contributed by atoms with Crippen LogP contribution in [-0.4, -0.2) is 33.9 Å². The van der Waals surface area contributed by atoms with Gasteiger partial charge in [-0.1, -0.05) is 24.3 Å². The molecule has 1 aromatic heterocycles. The van der Waals surface area contributed by atoms with Crippen LogP contribution in [0.15, 0.2) is 87.6 Å². The highest BCUT2D eigenvalue weighted by molar-refractivity contribution is 7.92. The molecule has 4 aromatic rings.